The highest BCUT2D eigenvalue weighted by atomic mass is 16.5. The van der Waals surface area contributed by atoms with Gasteiger partial charge in [-0.2, -0.15) is 0 Å². The molecule has 5 N–H and O–H groups in total. The van der Waals surface area contributed by atoms with Gasteiger partial charge in [-0.05, 0) is 68.9 Å². The Morgan fingerprint density at radius 1 is 0.875 bits per heavy atom. The normalized spacial score (nSPS) is 21.0. The minimum absolute atomic E-state index is 0.0375. The van der Waals surface area contributed by atoms with Crippen molar-refractivity contribution in [2.45, 2.75) is 77.0 Å². The van der Waals surface area contributed by atoms with Gasteiger partial charge in [-0.25, -0.2) is 4.79 Å². The van der Waals surface area contributed by atoms with Crippen molar-refractivity contribution in [3.05, 3.63) is 113 Å². The Morgan fingerprint density at radius 3 is 2.00 bits per heavy atom. The van der Waals surface area contributed by atoms with E-state index >= 15 is 0 Å². The molecule has 4 rings (SSSR count). The van der Waals surface area contributed by atoms with Crippen LogP contribution in [0.15, 0.2) is 91.0 Å². The summed E-state index contributed by atoms with van der Waals surface area (Å²) < 4.78 is 19.8. The van der Waals surface area contributed by atoms with E-state index in [-0.39, 0.29) is 36.1 Å². The summed E-state index contributed by atoms with van der Waals surface area (Å²) in [6, 6.07) is 22.0. The maximum Gasteiger partial charge on any atom is 0.342 e. The highest BCUT2D eigenvalue weighted by Gasteiger charge is 2.27. The van der Waals surface area contributed by atoms with Gasteiger partial charge < -0.3 is 44.5 Å². The predicted octanol–water partition coefficient (Wildman–Crippen LogP) is 4.40. The number of carbonyl (C=O) groups excluding carboxylic acids is 4. The second-order valence-electron chi connectivity index (χ2n) is 13.2. The number of ether oxygens (including phenoxy) is 4. The topological polar surface area (TPSA) is 206 Å². The average Bonchev–Trinajstić information content (AvgIpc) is 3.17. The Morgan fingerprint density at radius 2 is 1.48 bits per heavy atom. The van der Waals surface area contributed by atoms with Crippen molar-refractivity contribution < 1.29 is 63.7 Å². The third kappa shape index (κ3) is 15.8. The molecule has 0 amide bonds. The number of benzene rings is 3. The van der Waals surface area contributed by atoms with Gasteiger partial charge >= 0.3 is 17.9 Å². The summed E-state index contributed by atoms with van der Waals surface area (Å²) in [4.78, 5) is 47.1. The van der Waals surface area contributed by atoms with Crippen molar-refractivity contribution in [2.24, 2.45) is 11.8 Å². The smallest absolute Gasteiger partial charge is 0.342 e. The Hall–Kier alpha value is -5.34. The molecule has 304 valence electrons. The Labute approximate surface area is 327 Å². The number of aromatic hydroxyl groups is 1. The lowest BCUT2D eigenvalue weighted by Crippen LogP contribution is -2.33. The molecule has 0 fully saturated rings. The highest BCUT2D eigenvalue weighted by Crippen LogP contribution is 2.31. The van der Waals surface area contributed by atoms with E-state index in [0.717, 1.165) is 11.1 Å². The van der Waals surface area contributed by atoms with Crippen molar-refractivity contribution in [1.29, 1.82) is 0 Å². The number of rotatable bonds is 9. The molecular weight excluding hydrogens is 724 g/mol. The lowest BCUT2D eigenvalue weighted by atomic mass is 9.93. The van der Waals surface area contributed by atoms with Crippen molar-refractivity contribution in [2.75, 3.05) is 21.3 Å². The first-order valence-corrected chi connectivity index (χ1v) is 18.1. The first-order chi connectivity index (χ1) is 26.6. The summed E-state index contributed by atoms with van der Waals surface area (Å²) in [5, 5.41) is 49.0. The van der Waals surface area contributed by atoms with Gasteiger partial charge in [0.1, 0.15) is 29.3 Å². The number of carbonyl (C=O) groups is 4. The molecule has 56 heavy (non-hydrogen) atoms. The van der Waals surface area contributed by atoms with Gasteiger partial charge in [-0.1, -0.05) is 78.9 Å². The number of phenols is 1. The molecule has 0 unspecified atom stereocenters. The maximum atomic E-state index is 13.0. The number of cyclic esters (lactones) is 1. The van der Waals surface area contributed by atoms with Crippen LogP contribution in [0.5, 0.6) is 11.5 Å². The molecule has 0 aromatic heterocycles. The third-order valence-corrected chi connectivity index (χ3v) is 8.68. The van der Waals surface area contributed by atoms with Crippen molar-refractivity contribution in [1.82, 2.24) is 0 Å². The van der Waals surface area contributed by atoms with Gasteiger partial charge in [0.2, 0.25) is 0 Å². The Kier molecular flexibility index (Phi) is 20.3. The zero-order valence-electron chi connectivity index (χ0n) is 32.6. The highest BCUT2D eigenvalue weighted by molar-refractivity contribution is 5.97. The summed E-state index contributed by atoms with van der Waals surface area (Å²) in [5.41, 5.74) is 2.28. The van der Waals surface area contributed by atoms with Crippen LogP contribution >= 0.6 is 0 Å². The molecule has 13 heteroatoms. The number of fused-ring (bicyclic) bond motifs is 1. The van der Waals surface area contributed by atoms with E-state index in [2.05, 4.69) is 9.47 Å². The van der Waals surface area contributed by atoms with E-state index in [0.29, 0.717) is 24.2 Å². The fraction of sp³-hybridized carbons (Fsp3) is 0.395. The number of esters is 3. The average molecular weight is 779 g/mol. The summed E-state index contributed by atoms with van der Waals surface area (Å²) in [7, 11) is 4.06. The molecule has 13 nitrogen and oxygen atoms in total. The van der Waals surface area contributed by atoms with Gasteiger partial charge in [-0.15, -0.1) is 0 Å². The van der Waals surface area contributed by atoms with Crippen LogP contribution in [0.2, 0.25) is 0 Å². The summed E-state index contributed by atoms with van der Waals surface area (Å²) in [5.74, 6) is -2.96. The maximum absolute atomic E-state index is 13.0. The number of hydrogen-bond acceptors (Lipinski definition) is 13. The Balaban J connectivity index is 0.000000386. The zero-order chi connectivity index (χ0) is 41.8. The molecule has 0 bridgehead atoms. The van der Waals surface area contributed by atoms with Crippen molar-refractivity contribution in [3.63, 3.8) is 0 Å². The van der Waals surface area contributed by atoms with Crippen LogP contribution in [0, 0.1) is 11.8 Å². The predicted molar refractivity (Wildman–Crippen MR) is 209 cm³/mol. The van der Waals surface area contributed by atoms with Crippen LogP contribution in [-0.2, 0) is 41.4 Å². The number of hydrogen-bond donors (Lipinski definition) is 5. The minimum Gasteiger partial charge on any atom is -0.507 e. The van der Waals surface area contributed by atoms with Gasteiger partial charge in [0.25, 0.3) is 0 Å². The summed E-state index contributed by atoms with van der Waals surface area (Å²) in [6.07, 6.45) is 1.94. The molecule has 0 aliphatic carbocycles. The van der Waals surface area contributed by atoms with E-state index < -0.39 is 54.1 Å². The summed E-state index contributed by atoms with van der Waals surface area (Å²) in [6.45, 7) is 4.84. The number of phenolic OH excluding ortho intramolecular Hbond substituents is 1. The molecular formula is C43H54O13. The number of ketones is 1. The molecule has 0 saturated heterocycles. The first-order valence-electron chi connectivity index (χ1n) is 18.1. The van der Waals surface area contributed by atoms with Crippen molar-refractivity contribution >= 4 is 29.8 Å². The first kappa shape index (κ1) is 46.8. The Bertz CT molecular complexity index is 1740. The third-order valence-electron chi connectivity index (χ3n) is 8.68. The number of aliphatic hydroxyl groups excluding tert-OH is 4. The number of aliphatic hydroxyl groups is 4. The molecule has 3 aromatic rings. The standard InChI is InChI=1S/C26H28O7.C12H16O3.C5H10O3/c1-16-18(13-17-7-4-3-5-8-17)11-12-22(28)25(30)21(27)10-6-9-19-14-20(32-2)15-23(29)24(19)26(31)33-16;1-9(13)11(12(14)15-2)8-10-6-4-3-5-7-10;1-4(6)3-5(7)8-2/h3-9,11-12,14-16,18,21,25,27,29-30H,10,13H2,1-2H3;3-7,9,11,13H,8H2,1-2H3;4,6H,3H2,1-2H3/b9-6+,12-11-;;/t16-,18+,21-,25-;9-,11-;4-/m000/s1. The molecule has 3 aromatic carbocycles. The second kappa shape index (κ2) is 24.2. The summed E-state index contributed by atoms with van der Waals surface area (Å²) >= 11 is 0. The van der Waals surface area contributed by atoms with Gasteiger partial charge in [0, 0.05) is 12.0 Å². The van der Waals surface area contributed by atoms with Crippen LogP contribution in [0.25, 0.3) is 6.08 Å². The van der Waals surface area contributed by atoms with E-state index in [1.807, 2.05) is 60.7 Å². The van der Waals surface area contributed by atoms with Gasteiger partial charge in [0.15, 0.2) is 5.78 Å². The van der Waals surface area contributed by atoms with E-state index in [1.54, 1.807) is 26.0 Å². The van der Waals surface area contributed by atoms with E-state index in [4.69, 9.17) is 14.6 Å². The SMILES string of the molecule is COC(=O)C[C@H](C)O.COC(=O)[C@@H](Cc1ccccc1)[C@H](C)O.COc1cc(O)c2c(c1)/C=C/C[C@H](O)[C@H](O)C(=O)/C=C\[C@H](Cc1ccccc1)[C@H](C)OC2=O. The molecule has 0 saturated carbocycles. The fourth-order valence-corrected chi connectivity index (χ4v) is 5.45. The zero-order valence-corrected chi connectivity index (χ0v) is 32.6. The van der Waals surface area contributed by atoms with Crippen LogP contribution in [-0.4, -0.2) is 101 Å². The van der Waals surface area contributed by atoms with Crippen LogP contribution in [0.3, 0.4) is 0 Å². The molecule has 7 atom stereocenters. The van der Waals surface area contributed by atoms with Crippen LogP contribution < -0.4 is 4.74 Å². The minimum atomic E-state index is -1.60. The largest absolute Gasteiger partial charge is 0.507 e. The van der Waals surface area contributed by atoms with Gasteiger partial charge in [0.05, 0.1) is 52.0 Å². The van der Waals surface area contributed by atoms with E-state index in [9.17, 15) is 39.6 Å². The quantitative estimate of drug-likeness (QED) is 0.151. The van der Waals surface area contributed by atoms with Crippen molar-refractivity contribution in [3.8, 4) is 11.5 Å². The molecule has 1 heterocycles. The molecule has 0 spiro atoms. The van der Waals surface area contributed by atoms with Crippen LogP contribution in [0.4, 0.5) is 0 Å². The lowest BCUT2D eigenvalue weighted by molar-refractivity contribution is -0.149. The van der Waals surface area contributed by atoms with E-state index in [1.165, 1.54) is 52.5 Å². The second-order valence-corrected chi connectivity index (χ2v) is 13.2. The molecule has 0 radical (unpaired) electrons. The molecule has 1 aliphatic heterocycles. The van der Waals surface area contributed by atoms with Crippen LogP contribution in [0.1, 0.15) is 60.7 Å². The number of methoxy groups -OCH3 is 3. The monoisotopic (exact) mass is 778 g/mol. The molecule has 1 aliphatic rings. The fourth-order valence-electron chi connectivity index (χ4n) is 5.45. The lowest BCUT2D eigenvalue weighted by Gasteiger charge is -2.23. The van der Waals surface area contributed by atoms with Gasteiger partial charge in [-0.3, -0.25) is 14.4 Å².